The lowest BCUT2D eigenvalue weighted by Gasteiger charge is -2.28. The van der Waals surface area contributed by atoms with Crippen molar-refractivity contribution < 1.29 is 14.3 Å². The SMILES string of the molecule is COc1cc2c(c(Cl)c1Cl)C(=O)C(CCC(C)=O)(c1ccccc1)C2. The summed E-state index contributed by atoms with van der Waals surface area (Å²) in [5.41, 5.74) is 1.35. The molecule has 0 N–H and O–H groups in total. The molecule has 25 heavy (non-hydrogen) atoms. The van der Waals surface area contributed by atoms with Crippen LogP contribution in [-0.4, -0.2) is 18.7 Å². The van der Waals surface area contributed by atoms with Crippen LogP contribution in [0.1, 0.15) is 41.3 Å². The molecule has 1 atom stereocenters. The van der Waals surface area contributed by atoms with Crippen LogP contribution < -0.4 is 4.74 Å². The highest BCUT2D eigenvalue weighted by Gasteiger charge is 2.48. The Labute approximate surface area is 156 Å². The van der Waals surface area contributed by atoms with Gasteiger partial charge in [-0.2, -0.15) is 0 Å². The number of benzene rings is 2. The second kappa shape index (κ2) is 6.81. The van der Waals surface area contributed by atoms with Gasteiger partial charge in [0.15, 0.2) is 5.78 Å². The number of ether oxygens (including phenoxy) is 1. The normalized spacial score (nSPS) is 19.0. The fourth-order valence-electron chi connectivity index (χ4n) is 3.56. The van der Waals surface area contributed by atoms with Crippen molar-refractivity contribution in [1.29, 1.82) is 0 Å². The molecule has 0 saturated heterocycles. The summed E-state index contributed by atoms with van der Waals surface area (Å²) in [6.45, 7) is 1.54. The Balaban J connectivity index is 2.16. The van der Waals surface area contributed by atoms with E-state index in [2.05, 4.69) is 0 Å². The third kappa shape index (κ3) is 2.96. The molecule has 130 valence electrons. The number of Topliss-reactive ketones (excluding diaryl/α,β-unsaturated/α-hetero) is 2. The van der Waals surface area contributed by atoms with E-state index in [1.54, 1.807) is 6.07 Å². The van der Waals surface area contributed by atoms with Crippen molar-refractivity contribution in [3.8, 4) is 5.75 Å². The summed E-state index contributed by atoms with van der Waals surface area (Å²) >= 11 is 12.6. The Morgan fingerprint density at radius 1 is 1.20 bits per heavy atom. The molecule has 0 aliphatic heterocycles. The maximum Gasteiger partial charge on any atom is 0.175 e. The van der Waals surface area contributed by atoms with E-state index < -0.39 is 5.41 Å². The number of methoxy groups -OCH3 is 1. The van der Waals surface area contributed by atoms with Crippen molar-refractivity contribution in [2.45, 2.75) is 31.6 Å². The van der Waals surface area contributed by atoms with E-state index in [-0.39, 0.29) is 21.6 Å². The van der Waals surface area contributed by atoms with Crippen LogP contribution in [0.3, 0.4) is 0 Å². The molecule has 1 aliphatic carbocycles. The van der Waals surface area contributed by atoms with Gasteiger partial charge >= 0.3 is 0 Å². The monoisotopic (exact) mass is 376 g/mol. The predicted molar refractivity (Wildman–Crippen MR) is 99.1 cm³/mol. The van der Waals surface area contributed by atoms with Gasteiger partial charge in [0.1, 0.15) is 16.6 Å². The quantitative estimate of drug-likeness (QED) is 0.733. The van der Waals surface area contributed by atoms with Crippen molar-refractivity contribution in [3.05, 3.63) is 63.1 Å². The first kappa shape index (κ1) is 18.0. The van der Waals surface area contributed by atoms with Gasteiger partial charge in [0, 0.05) is 12.0 Å². The zero-order valence-corrected chi connectivity index (χ0v) is 15.6. The molecule has 5 heteroatoms. The van der Waals surface area contributed by atoms with Crippen molar-refractivity contribution in [3.63, 3.8) is 0 Å². The van der Waals surface area contributed by atoms with E-state index >= 15 is 0 Å². The molecule has 3 nitrogen and oxygen atoms in total. The second-order valence-electron chi connectivity index (χ2n) is 6.40. The van der Waals surface area contributed by atoms with Crippen LogP contribution in [0.5, 0.6) is 5.75 Å². The van der Waals surface area contributed by atoms with Crippen LogP contribution in [0.15, 0.2) is 36.4 Å². The molecule has 0 radical (unpaired) electrons. The highest BCUT2D eigenvalue weighted by Crippen LogP contribution is 2.49. The molecule has 0 heterocycles. The van der Waals surface area contributed by atoms with E-state index in [0.29, 0.717) is 30.6 Å². The number of fused-ring (bicyclic) bond motifs is 1. The first-order valence-corrected chi connectivity index (χ1v) is 8.81. The highest BCUT2D eigenvalue weighted by atomic mass is 35.5. The van der Waals surface area contributed by atoms with Crippen molar-refractivity contribution in [1.82, 2.24) is 0 Å². The largest absolute Gasteiger partial charge is 0.495 e. The second-order valence-corrected chi connectivity index (χ2v) is 7.15. The Morgan fingerprint density at radius 2 is 1.88 bits per heavy atom. The minimum Gasteiger partial charge on any atom is -0.495 e. The number of carbonyl (C=O) groups is 2. The van der Waals surface area contributed by atoms with E-state index in [1.807, 2.05) is 30.3 Å². The third-order valence-electron chi connectivity index (χ3n) is 4.86. The summed E-state index contributed by atoms with van der Waals surface area (Å²) in [5, 5.41) is 0.466. The van der Waals surface area contributed by atoms with Gasteiger partial charge in [0.2, 0.25) is 0 Å². The van der Waals surface area contributed by atoms with Crippen molar-refractivity contribution >= 4 is 34.8 Å². The Hall–Kier alpha value is -1.84. The lowest BCUT2D eigenvalue weighted by molar-refractivity contribution is -0.117. The minimum atomic E-state index is -0.797. The van der Waals surface area contributed by atoms with Crippen molar-refractivity contribution in [2.24, 2.45) is 0 Å². The number of hydrogen-bond donors (Lipinski definition) is 0. The Bertz CT molecular complexity index is 846. The summed E-state index contributed by atoms with van der Waals surface area (Å²) < 4.78 is 5.28. The van der Waals surface area contributed by atoms with Crippen molar-refractivity contribution in [2.75, 3.05) is 7.11 Å². The Kier molecular flexibility index (Phi) is 4.90. The molecular weight excluding hydrogens is 359 g/mol. The van der Waals surface area contributed by atoms with Gasteiger partial charge in [0.05, 0.1) is 17.5 Å². The summed E-state index contributed by atoms with van der Waals surface area (Å²) in [5.74, 6) is 0.430. The maximum absolute atomic E-state index is 13.4. The predicted octanol–water partition coefficient (Wildman–Crippen LogP) is 5.05. The molecule has 0 aromatic heterocycles. The van der Waals surface area contributed by atoms with E-state index in [4.69, 9.17) is 27.9 Å². The number of hydrogen-bond acceptors (Lipinski definition) is 3. The smallest absolute Gasteiger partial charge is 0.175 e. The number of carbonyl (C=O) groups excluding carboxylic acids is 2. The van der Waals surface area contributed by atoms with Crippen LogP contribution in [0.2, 0.25) is 10.0 Å². The molecule has 0 bridgehead atoms. The number of ketones is 2. The van der Waals surface area contributed by atoms with Gasteiger partial charge in [0.25, 0.3) is 0 Å². The lowest BCUT2D eigenvalue weighted by atomic mass is 9.73. The van der Waals surface area contributed by atoms with Crippen LogP contribution >= 0.6 is 23.2 Å². The zero-order chi connectivity index (χ0) is 18.2. The molecule has 0 amide bonds. The van der Waals surface area contributed by atoms with Crippen LogP contribution in [0.4, 0.5) is 0 Å². The van der Waals surface area contributed by atoms with Gasteiger partial charge in [-0.25, -0.2) is 0 Å². The average Bonchev–Trinajstić information content (AvgIpc) is 2.90. The first-order valence-electron chi connectivity index (χ1n) is 8.05. The molecule has 1 unspecified atom stereocenters. The first-order chi connectivity index (χ1) is 11.9. The van der Waals surface area contributed by atoms with E-state index in [0.717, 1.165) is 11.1 Å². The summed E-state index contributed by atoms with van der Waals surface area (Å²) in [4.78, 5) is 25.0. The average molecular weight is 377 g/mol. The molecule has 0 fully saturated rings. The molecule has 3 rings (SSSR count). The molecule has 2 aromatic rings. The van der Waals surface area contributed by atoms with Gasteiger partial charge in [-0.3, -0.25) is 4.79 Å². The minimum absolute atomic E-state index is 0.0563. The van der Waals surface area contributed by atoms with Gasteiger partial charge in [-0.05, 0) is 37.0 Å². The molecule has 1 aliphatic rings. The topological polar surface area (TPSA) is 43.4 Å². The molecule has 0 saturated carbocycles. The fraction of sp³-hybridized carbons (Fsp3) is 0.300. The van der Waals surface area contributed by atoms with Crippen LogP contribution in [0, 0.1) is 0 Å². The summed E-state index contributed by atoms with van der Waals surface area (Å²) in [6, 6.07) is 11.3. The van der Waals surface area contributed by atoms with E-state index in [1.165, 1.54) is 14.0 Å². The van der Waals surface area contributed by atoms with Crippen LogP contribution in [-0.2, 0) is 16.6 Å². The third-order valence-corrected chi connectivity index (χ3v) is 5.71. The van der Waals surface area contributed by atoms with E-state index in [9.17, 15) is 9.59 Å². The molecule has 0 spiro atoms. The zero-order valence-electron chi connectivity index (χ0n) is 14.1. The summed E-state index contributed by atoms with van der Waals surface area (Å²) in [7, 11) is 1.51. The molecular formula is C20H18Cl2O3. The lowest BCUT2D eigenvalue weighted by Crippen LogP contribution is -2.34. The number of halogens is 2. The van der Waals surface area contributed by atoms with Crippen LogP contribution in [0.25, 0.3) is 0 Å². The van der Waals surface area contributed by atoms with Gasteiger partial charge < -0.3 is 9.53 Å². The standard InChI is InChI=1S/C20H18Cl2O3/c1-12(23)8-9-20(14-6-4-3-5-7-14)11-13-10-15(25-2)17(21)18(22)16(13)19(20)24/h3-7,10H,8-9,11H2,1-2H3. The summed E-state index contributed by atoms with van der Waals surface area (Å²) in [6.07, 6.45) is 1.25. The highest BCUT2D eigenvalue weighted by molar-refractivity contribution is 6.45. The maximum atomic E-state index is 13.4. The fourth-order valence-corrected chi connectivity index (χ4v) is 4.08. The molecule has 2 aromatic carbocycles. The van der Waals surface area contributed by atoms with Gasteiger partial charge in [-0.15, -0.1) is 0 Å². The number of rotatable bonds is 5. The van der Waals surface area contributed by atoms with Gasteiger partial charge in [-0.1, -0.05) is 53.5 Å². The Morgan fingerprint density at radius 3 is 2.48 bits per heavy atom.